The van der Waals surface area contributed by atoms with Crippen LogP contribution in [0.2, 0.25) is 0 Å². The van der Waals surface area contributed by atoms with E-state index in [9.17, 15) is 4.79 Å². The first-order valence-electron chi connectivity index (χ1n) is 13.6. The minimum atomic E-state index is -0.470. The number of para-hydroxylation sites is 1. The van der Waals surface area contributed by atoms with E-state index in [0.29, 0.717) is 56.7 Å². The highest BCUT2D eigenvalue weighted by Crippen LogP contribution is 2.31. The third-order valence-electron chi connectivity index (χ3n) is 6.24. The summed E-state index contributed by atoms with van der Waals surface area (Å²) in [6.07, 6.45) is 1.58. The summed E-state index contributed by atoms with van der Waals surface area (Å²) in [5.74, 6) is 0.141. The minimum Gasteiger partial charge on any atom is -0.489 e. The second kappa shape index (κ2) is 15.7. The Kier molecular flexibility index (Phi) is 11.7. The van der Waals surface area contributed by atoms with E-state index in [-0.39, 0.29) is 11.5 Å². The summed E-state index contributed by atoms with van der Waals surface area (Å²) in [5.41, 5.74) is 8.95. The number of hydrogen-bond donors (Lipinski definition) is 3. The summed E-state index contributed by atoms with van der Waals surface area (Å²) >= 11 is 1.68. The molecule has 0 saturated carbocycles. The van der Waals surface area contributed by atoms with Crippen LogP contribution in [-0.4, -0.2) is 98.9 Å². The van der Waals surface area contributed by atoms with Gasteiger partial charge in [0.25, 0.3) is 5.91 Å². The maximum atomic E-state index is 13.4. The number of carbonyl (C=O) groups is 1. The summed E-state index contributed by atoms with van der Waals surface area (Å²) < 4.78 is 20.0. The molecule has 0 radical (unpaired) electrons. The van der Waals surface area contributed by atoms with Gasteiger partial charge < -0.3 is 35.5 Å². The van der Waals surface area contributed by atoms with Crippen LogP contribution in [0.15, 0.2) is 53.6 Å². The second-order valence-electron chi connectivity index (χ2n) is 9.69. The molecule has 4 N–H and O–H groups in total. The molecule has 1 amide bonds. The van der Waals surface area contributed by atoms with E-state index in [4.69, 9.17) is 19.9 Å². The maximum Gasteiger partial charge on any atom is 0.278 e. The lowest BCUT2D eigenvalue weighted by Gasteiger charge is -2.23. The van der Waals surface area contributed by atoms with Crippen molar-refractivity contribution in [3.8, 4) is 17.0 Å². The molecule has 3 heterocycles. The van der Waals surface area contributed by atoms with Crippen molar-refractivity contribution in [1.82, 2.24) is 24.5 Å². The van der Waals surface area contributed by atoms with Crippen LogP contribution in [0.1, 0.15) is 16.1 Å². The number of fused-ring (bicyclic) bond motifs is 13. The Hall–Kier alpha value is -3.26. The zero-order valence-corrected chi connectivity index (χ0v) is 24.7. The largest absolute Gasteiger partial charge is 0.489 e. The van der Waals surface area contributed by atoms with Crippen LogP contribution in [0.5, 0.6) is 5.75 Å². The van der Waals surface area contributed by atoms with Crippen molar-refractivity contribution in [3.63, 3.8) is 0 Å². The van der Waals surface area contributed by atoms with Crippen LogP contribution in [0, 0.1) is 0 Å². The molecule has 11 nitrogen and oxygen atoms in total. The molecule has 4 bridgehead atoms. The van der Waals surface area contributed by atoms with E-state index in [1.165, 1.54) is 0 Å². The molecular weight excluding hydrogens is 542 g/mol. The van der Waals surface area contributed by atoms with Crippen molar-refractivity contribution >= 4 is 29.4 Å². The van der Waals surface area contributed by atoms with Gasteiger partial charge in [-0.1, -0.05) is 24.3 Å². The van der Waals surface area contributed by atoms with E-state index in [2.05, 4.69) is 43.9 Å². The summed E-state index contributed by atoms with van der Waals surface area (Å²) in [4.78, 5) is 25.5. The number of rotatable bonds is 5. The SMILES string of the molecule is CNCc1cccc2c1OCCOCCOCCN(CCN(C)C)Sc1ccc(cc1)-c1cnc(N)c(n1)C(=O)N2. The highest BCUT2D eigenvalue weighted by Gasteiger charge is 2.19. The number of nitrogen functional groups attached to an aromatic ring is 1. The lowest BCUT2D eigenvalue weighted by atomic mass is 10.1. The molecule has 0 atom stereocenters. The lowest BCUT2D eigenvalue weighted by Crippen LogP contribution is -2.29. The minimum absolute atomic E-state index is 0.0475. The first kappa shape index (κ1) is 30.7. The fraction of sp³-hybridized carbons (Fsp3) is 0.414. The van der Waals surface area contributed by atoms with Gasteiger partial charge in [0.05, 0.1) is 44.0 Å². The standard InChI is InChI=1S/C29H39N7O4S/c1-31-19-22-5-4-6-24-27(22)40-18-17-39-16-15-38-14-13-36(12-11-35(2)3)41-23-9-7-21(8-10-23)25-20-32-28(30)26(33-25)29(37)34-24/h4-10,20,31H,11-19H2,1-3H3,(H2,30,32)(H,34,37). The number of anilines is 2. The monoisotopic (exact) mass is 581 g/mol. The van der Waals surface area contributed by atoms with Crippen LogP contribution in [0.4, 0.5) is 11.5 Å². The number of nitrogens with one attached hydrogen (secondary N) is 2. The van der Waals surface area contributed by atoms with Crippen molar-refractivity contribution in [2.24, 2.45) is 0 Å². The molecule has 5 rings (SSSR count). The Morgan fingerprint density at radius 3 is 2.59 bits per heavy atom. The van der Waals surface area contributed by atoms with Crippen molar-refractivity contribution in [2.75, 3.05) is 84.9 Å². The van der Waals surface area contributed by atoms with Crippen LogP contribution >= 0.6 is 11.9 Å². The number of aromatic nitrogens is 2. The molecule has 2 aromatic carbocycles. The molecule has 0 spiro atoms. The van der Waals surface area contributed by atoms with Gasteiger partial charge >= 0.3 is 0 Å². The molecule has 2 aliphatic rings. The summed E-state index contributed by atoms with van der Waals surface area (Å²) in [7, 11) is 5.98. The van der Waals surface area contributed by atoms with Gasteiger partial charge in [0.2, 0.25) is 0 Å². The molecule has 0 unspecified atom stereocenters. The van der Waals surface area contributed by atoms with Gasteiger partial charge in [-0.2, -0.15) is 0 Å². The zero-order valence-electron chi connectivity index (χ0n) is 23.9. The summed E-state index contributed by atoms with van der Waals surface area (Å²) in [6.45, 7) is 5.40. The van der Waals surface area contributed by atoms with E-state index < -0.39 is 5.91 Å². The number of ether oxygens (including phenoxy) is 3. The lowest BCUT2D eigenvalue weighted by molar-refractivity contribution is 0.0341. The number of amides is 1. The molecule has 0 fully saturated rings. The fourth-order valence-electron chi connectivity index (χ4n) is 4.11. The zero-order chi connectivity index (χ0) is 29.0. The first-order chi connectivity index (χ1) is 19.9. The predicted molar refractivity (Wildman–Crippen MR) is 162 cm³/mol. The highest BCUT2D eigenvalue weighted by atomic mass is 32.2. The van der Waals surface area contributed by atoms with E-state index in [1.807, 2.05) is 43.4 Å². The third kappa shape index (κ3) is 9.12. The quantitative estimate of drug-likeness (QED) is 0.304. The van der Waals surface area contributed by atoms with Crippen LogP contribution in [-0.2, 0) is 16.0 Å². The molecule has 41 heavy (non-hydrogen) atoms. The van der Waals surface area contributed by atoms with Crippen LogP contribution < -0.4 is 21.1 Å². The number of likely N-dealkylation sites (N-methyl/N-ethyl adjacent to an activating group) is 1. The average molecular weight is 582 g/mol. The van der Waals surface area contributed by atoms with Gasteiger partial charge in [-0.15, -0.1) is 0 Å². The third-order valence-corrected chi connectivity index (χ3v) is 7.35. The van der Waals surface area contributed by atoms with Gasteiger partial charge in [-0.3, -0.25) is 4.79 Å². The van der Waals surface area contributed by atoms with Crippen molar-refractivity contribution < 1.29 is 19.0 Å². The second-order valence-corrected chi connectivity index (χ2v) is 10.9. The first-order valence-corrected chi connectivity index (χ1v) is 14.4. The van der Waals surface area contributed by atoms with Crippen LogP contribution in [0.3, 0.4) is 0 Å². The Morgan fingerprint density at radius 1 is 1.07 bits per heavy atom. The van der Waals surface area contributed by atoms with E-state index in [0.717, 1.165) is 35.7 Å². The molecule has 1 aromatic heterocycles. The molecule has 220 valence electrons. The summed E-state index contributed by atoms with van der Waals surface area (Å²) in [5, 5.41) is 6.05. The number of benzene rings is 2. The Balaban J connectivity index is 1.61. The van der Waals surface area contributed by atoms with Gasteiger partial charge in [0.1, 0.15) is 12.4 Å². The van der Waals surface area contributed by atoms with Gasteiger partial charge in [0.15, 0.2) is 11.5 Å². The highest BCUT2D eigenvalue weighted by molar-refractivity contribution is 7.97. The Morgan fingerprint density at radius 2 is 1.83 bits per heavy atom. The smallest absolute Gasteiger partial charge is 0.278 e. The molecule has 2 aliphatic heterocycles. The van der Waals surface area contributed by atoms with Crippen molar-refractivity contribution in [3.05, 3.63) is 59.9 Å². The molecular formula is C29H39N7O4S. The van der Waals surface area contributed by atoms with E-state index in [1.54, 1.807) is 24.2 Å². The number of nitrogens with two attached hydrogens (primary N) is 1. The average Bonchev–Trinajstić information content (AvgIpc) is 2.96. The molecule has 3 aromatic rings. The molecule has 12 heteroatoms. The fourth-order valence-corrected chi connectivity index (χ4v) is 5.01. The summed E-state index contributed by atoms with van der Waals surface area (Å²) in [6, 6.07) is 13.6. The van der Waals surface area contributed by atoms with Crippen molar-refractivity contribution in [1.29, 1.82) is 0 Å². The number of nitrogens with zero attached hydrogens (tertiary/aromatic N) is 4. The van der Waals surface area contributed by atoms with Gasteiger partial charge in [0, 0.05) is 42.2 Å². The molecule has 0 saturated heterocycles. The van der Waals surface area contributed by atoms with Crippen LogP contribution in [0.25, 0.3) is 11.3 Å². The molecule has 0 aliphatic carbocycles. The van der Waals surface area contributed by atoms with Gasteiger partial charge in [-0.05, 0) is 51.3 Å². The maximum absolute atomic E-state index is 13.4. The topological polar surface area (TPSA) is 127 Å². The normalized spacial score (nSPS) is 15.9. The van der Waals surface area contributed by atoms with E-state index >= 15 is 0 Å². The predicted octanol–water partition coefficient (Wildman–Crippen LogP) is 2.99. The number of carbonyl (C=O) groups excluding carboxylic acids is 1. The van der Waals surface area contributed by atoms with Crippen molar-refractivity contribution in [2.45, 2.75) is 11.4 Å². The number of hydrogen-bond acceptors (Lipinski definition) is 11. The van der Waals surface area contributed by atoms with Gasteiger partial charge in [-0.25, -0.2) is 14.3 Å². The Bertz CT molecular complexity index is 1280. The Labute approximate surface area is 245 Å².